The minimum Gasteiger partial charge on any atom is -0.346 e. The van der Waals surface area contributed by atoms with Crippen LogP contribution >= 0.6 is 0 Å². The van der Waals surface area contributed by atoms with Gasteiger partial charge in [-0.2, -0.15) is 0 Å². The maximum absolute atomic E-state index is 12.8. The van der Waals surface area contributed by atoms with Gasteiger partial charge in [-0.3, -0.25) is 28.8 Å². The van der Waals surface area contributed by atoms with Gasteiger partial charge < -0.3 is 16.0 Å². The van der Waals surface area contributed by atoms with Crippen molar-refractivity contribution in [2.75, 3.05) is 0 Å². The number of hydrogen-bond donors (Lipinski definition) is 3. The van der Waals surface area contributed by atoms with E-state index in [1.807, 2.05) is 27.7 Å². The average molecular weight is 538 g/mol. The molecule has 218 valence electrons. The Hall–Kier alpha value is -2.42. The summed E-state index contributed by atoms with van der Waals surface area (Å²) in [6.45, 7) is 16.3. The van der Waals surface area contributed by atoms with E-state index in [4.69, 9.17) is 0 Å². The number of rotatable bonds is 20. The van der Waals surface area contributed by atoms with Crippen LogP contribution in [-0.2, 0) is 28.8 Å². The fourth-order valence-corrected chi connectivity index (χ4v) is 4.02. The van der Waals surface area contributed by atoms with Crippen LogP contribution < -0.4 is 16.0 Å². The van der Waals surface area contributed by atoms with Crippen LogP contribution in [0.1, 0.15) is 107 Å². The average Bonchev–Trinajstić information content (AvgIpc) is 2.84. The van der Waals surface area contributed by atoms with E-state index in [-0.39, 0.29) is 91.4 Å². The van der Waals surface area contributed by atoms with Crippen LogP contribution in [0.25, 0.3) is 0 Å². The topological polar surface area (TPSA) is 139 Å². The van der Waals surface area contributed by atoms with E-state index in [0.29, 0.717) is 6.42 Å². The lowest BCUT2D eigenvalue weighted by molar-refractivity contribution is -0.131. The van der Waals surface area contributed by atoms with E-state index < -0.39 is 24.0 Å². The van der Waals surface area contributed by atoms with Gasteiger partial charge in [0.05, 0.1) is 18.1 Å². The molecule has 0 radical (unpaired) electrons. The second kappa shape index (κ2) is 18.0. The lowest BCUT2D eigenvalue weighted by atomic mass is 9.95. The van der Waals surface area contributed by atoms with Gasteiger partial charge in [0.2, 0.25) is 11.8 Å². The Balaban J connectivity index is 5.20. The van der Waals surface area contributed by atoms with Gasteiger partial charge in [-0.1, -0.05) is 62.3 Å². The molecule has 0 rings (SSSR count). The van der Waals surface area contributed by atoms with Crippen molar-refractivity contribution < 1.29 is 28.8 Å². The van der Waals surface area contributed by atoms with Crippen molar-refractivity contribution in [2.24, 2.45) is 17.8 Å². The molecule has 0 aliphatic rings. The van der Waals surface area contributed by atoms with Crippen molar-refractivity contribution in [1.82, 2.24) is 16.0 Å². The maximum atomic E-state index is 12.8. The molecule has 9 heteroatoms. The first kappa shape index (κ1) is 35.6. The zero-order chi connectivity index (χ0) is 29.6. The molecule has 0 heterocycles. The van der Waals surface area contributed by atoms with Crippen molar-refractivity contribution in [1.29, 1.82) is 0 Å². The molecule has 9 nitrogen and oxygen atoms in total. The van der Waals surface area contributed by atoms with Gasteiger partial charge >= 0.3 is 0 Å². The molecule has 0 aliphatic heterocycles. The summed E-state index contributed by atoms with van der Waals surface area (Å²) in [4.78, 5) is 75.0. The lowest BCUT2D eigenvalue weighted by Gasteiger charge is -2.23. The zero-order valence-electron chi connectivity index (χ0n) is 24.9. The summed E-state index contributed by atoms with van der Waals surface area (Å²) in [6, 6.07) is -1.99. The van der Waals surface area contributed by atoms with E-state index in [0.717, 1.165) is 0 Å². The molecule has 3 atom stereocenters. The molecular weight excluding hydrogens is 486 g/mol. The summed E-state index contributed by atoms with van der Waals surface area (Å²) in [6.07, 6.45) is 1.07. The summed E-state index contributed by atoms with van der Waals surface area (Å²) < 4.78 is 0. The van der Waals surface area contributed by atoms with Crippen molar-refractivity contribution in [3.05, 3.63) is 0 Å². The molecule has 0 aromatic rings. The third kappa shape index (κ3) is 13.9. The molecule has 0 saturated carbocycles. The van der Waals surface area contributed by atoms with E-state index in [9.17, 15) is 28.8 Å². The van der Waals surface area contributed by atoms with Crippen LogP contribution in [0.2, 0.25) is 0 Å². The largest absolute Gasteiger partial charge is 0.346 e. The number of amides is 2. The van der Waals surface area contributed by atoms with Gasteiger partial charge in [-0.05, 0) is 19.3 Å². The SMILES string of the molecule is CCC(=O)C(CCC(=O)C(C)C)NC(=O)CCC(NC(=O)CCC(NC(C)C)C(=O)C(C)C)C(=O)C(C)C. The van der Waals surface area contributed by atoms with Gasteiger partial charge in [0, 0.05) is 49.5 Å². The van der Waals surface area contributed by atoms with Crippen LogP contribution in [0.5, 0.6) is 0 Å². The number of carbonyl (C=O) groups excluding carboxylic acids is 6. The monoisotopic (exact) mass is 537 g/mol. The Morgan fingerprint density at radius 3 is 1.37 bits per heavy atom. The van der Waals surface area contributed by atoms with Gasteiger partial charge in [0.25, 0.3) is 0 Å². The minimum atomic E-state index is -0.853. The third-order valence-electron chi connectivity index (χ3n) is 6.41. The number of nitrogens with one attached hydrogen (secondary N) is 3. The summed E-state index contributed by atoms with van der Waals surface area (Å²) in [5.41, 5.74) is 0. The Bertz CT molecular complexity index is 819. The zero-order valence-corrected chi connectivity index (χ0v) is 24.9. The molecule has 0 saturated heterocycles. The maximum Gasteiger partial charge on any atom is 0.220 e. The van der Waals surface area contributed by atoms with Gasteiger partial charge in [0.15, 0.2) is 17.3 Å². The minimum absolute atomic E-state index is 0.0272. The Morgan fingerprint density at radius 1 is 0.526 bits per heavy atom. The molecule has 38 heavy (non-hydrogen) atoms. The summed E-state index contributed by atoms with van der Waals surface area (Å²) >= 11 is 0. The summed E-state index contributed by atoms with van der Waals surface area (Å²) in [7, 11) is 0. The van der Waals surface area contributed by atoms with Crippen molar-refractivity contribution in [2.45, 2.75) is 131 Å². The lowest BCUT2D eigenvalue weighted by Crippen LogP contribution is -2.46. The van der Waals surface area contributed by atoms with Crippen LogP contribution in [0.15, 0.2) is 0 Å². The van der Waals surface area contributed by atoms with E-state index in [1.165, 1.54) is 0 Å². The highest BCUT2D eigenvalue weighted by Crippen LogP contribution is 2.12. The summed E-state index contributed by atoms with van der Waals surface area (Å²) in [5, 5.41) is 8.67. The fraction of sp³-hybridized carbons (Fsp3) is 0.793. The fourth-order valence-electron chi connectivity index (χ4n) is 4.02. The number of Topliss-reactive ketones (excluding diaryl/α,β-unsaturated/α-hetero) is 4. The Labute approximate surface area is 229 Å². The quantitative estimate of drug-likeness (QED) is 0.217. The highest BCUT2D eigenvalue weighted by Gasteiger charge is 2.27. The first-order valence-electron chi connectivity index (χ1n) is 14.1. The molecule has 0 fully saturated rings. The standard InChI is InChI=1S/C29H51N3O6/c1-10-24(33)21(11-14-25(34)17(2)3)31-26(35)16-13-23(29(38)19(6)7)32-27(36)15-12-22(30-20(8)9)28(37)18(4)5/h17-23,30H,10-16H2,1-9H3,(H,31,35)(H,32,36). The van der Waals surface area contributed by atoms with Crippen LogP contribution in [0.4, 0.5) is 0 Å². The van der Waals surface area contributed by atoms with Gasteiger partial charge in [-0.15, -0.1) is 0 Å². The van der Waals surface area contributed by atoms with Crippen molar-refractivity contribution in [3.8, 4) is 0 Å². The molecule has 3 N–H and O–H groups in total. The van der Waals surface area contributed by atoms with Crippen LogP contribution in [0.3, 0.4) is 0 Å². The highest BCUT2D eigenvalue weighted by molar-refractivity contribution is 5.92. The molecule has 0 aromatic heterocycles. The normalized spacial score (nSPS) is 13.9. The smallest absolute Gasteiger partial charge is 0.220 e. The Kier molecular flexibility index (Phi) is 16.8. The highest BCUT2D eigenvalue weighted by atomic mass is 16.2. The molecule has 0 spiro atoms. The summed E-state index contributed by atoms with van der Waals surface area (Å²) in [5.74, 6) is -1.72. The van der Waals surface area contributed by atoms with Crippen molar-refractivity contribution in [3.63, 3.8) is 0 Å². The molecule has 0 aliphatic carbocycles. The number of ketones is 4. The number of carbonyl (C=O) groups is 6. The third-order valence-corrected chi connectivity index (χ3v) is 6.41. The molecule has 0 bridgehead atoms. The van der Waals surface area contributed by atoms with E-state index in [2.05, 4.69) is 16.0 Å². The molecule has 3 unspecified atom stereocenters. The predicted octanol–water partition coefficient (Wildman–Crippen LogP) is 3.32. The second-order valence-electron chi connectivity index (χ2n) is 11.3. The number of hydrogen-bond acceptors (Lipinski definition) is 7. The van der Waals surface area contributed by atoms with E-state index >= 15 is 0 Å². The molecule has 0 aromatic carbocycles. The predicted molar refractivity (Wildman–Crippen MR) is 148 cm³/mol. The molecule has 2 amide bonds. The van der Waals surface area contributed by atoms with Crippen molar-refractivity contribution >= 4 is 34.9 Å². The van der Waals surface area contributed by atoms with Gasteiger partial charge in [-0.25, -0.2) is 0 Å². The first-order chi connectivity index (χ1) is 17.6. The Morgan fingerprint density at radius 2 is 0.947 bits per heavy atom. The van der Waals surface area contributed by atoms with Crippen LogP contribution in [-0.4, -0.2) is 59.1 Å². The van der Waals surface area contributed by atoms with Crippen LogP contribution in [0, 0.1) is 17.8 Å². The second-order valence-corrected chi connectivity index (χ2v) is 11.3. The first-order valence-corrected chi connectivity index (χ1v) is 14.1. The molecular formula is C29H51N3O6. The van der Waals surface area contributed by atoms with Gasteiger partial charge in [0.1, 0.15) is 5.78 Å². The van der Waals surface area contributed by atoms with E-state index in [1.54, 1.807) is 34.6 Å².